The molecule has 8 aromatic rings. The topological polar surface area (TPSA) is 6.48 Å². The summed E-state index contributed by atoms with van der Waals surface area (Å²) in [6.07, 6.45) is 5.72. The van der Waals surface area contributed by atoms with Gasteiger partial charge in [-0.2, -0.15) is 0 Å². The minimum atomic E-state index is 0.431. The van der Waals surface area contributed by atoms with Crippen molar-refractivity contribution in [2.75, 3.05) is 9.80 Å². The number of rotatable bonds is 9. The van der Waals surface area contributed by atoms with Crippen LogP contribution in [0, 0.1) is 17.8 Å². The van der Waals surface area contributed by atoms with Crippen molar-refractivity contribution in [3.05, 3.63) is 206 Å². The Morgan fingerprint density at radius 3 is 1.32 bits per heavy atom. The van der Waals surface area contributed by atoms with Gasteiger partial charge in [0.2, 0.25) is 0 Å². The molecule has 4 saturated carbocycles. The highest BCUT2D eigenvalue weighted by molar-refractivity contribution is 5.99. The van der Waals surface area contributed by atoms with Gasteiger partial charge in [-0.1, -0.05) is 133 Å². The molecule has 8 aromatic carbocycles. The summed E-state index contributed by atoms with van der Waals surface area (Å²) in [5, 5.41) is 2.46. The average Bonchev–Trinajstić information content (AvgIpc) is 4.04. The average molecular weight is 721 g/mol. The zero-order chi connectivity index (χ0) is 37.1. The standard InChI is InChI=1S/C54H44N2/c1-3-10-38(11-4-1)39-18-26-48(27-19-39)55(50-32-24-45(25-33-50)54-36-43-34-46(54)35-44(43)37-54)49-28-20-40(21-29-49)41-22-30-51(31-23-41)56(47-14-5-2-6-15-47)53-17-9-13-42-12-7-8-16-52(42)53/h1-33,43-44,46H,34-37H2. The lowest BCUT2D eigenvalue weighted by atomic mass is 9.75. The van der Waals surface area contributed by atoms with E-state index in [9.17, 15) is 0 Å². The first-order chi connectivity index (χ1) is 27.7. The Hall–Kier alpha value is -6.38. The Balaban J connectivity index is 0.922. The van der Waals surface area contributed by atoms with Gasteiger partial charge in [0.05, 0.1) is 5.69 Å². The molecule has 0 aromatic heterocycles. The SMILES string of the molecule is c1ccc(-c2ccc(N(c3ccc(-c4ccc(N(c5ccccc5)c5cccc6ccccc56)cc4)cc3)c3ccc(C45CC6CC4CC6C5)cc3)cc2)cc1. The predicted molar refractivity (Wildman–Crippen MR) is 235 cm³/mol. The van der Waals surface area contributed by atoms with Gasteiger partial charge < -0.3 is 9.80 Å². The van der Waals surface area contributed by atoms with Crippen LogP contribution < -0.4 is 9.80 Å². The Morgan fingerprint density at radius 2 is 0.786 bits per heavy atom. The number of hydrogen-bond donors (Lipinski definition) is 0. The van der Waals surface area contributed by atoms with E-state index in [1.807, 2.05) is 0 Å². The van der Waals surface area contributed by atoms with Crippen LogP contribution in [-0.2, 0) is 5.41 Å². The van der Waals surface area contributed by atoms with Crippen LogP contribution in [-0.4, -0.2) is 0 Å². The third-order valence-corrected chi connectivity index (χ3v) is 13.4. The number of benzene rings is 8. The van der Waals surface area contributed by atoms with E-state index in [4.69, 9.17) is 0 Å². The summed E-state index contributed by atoms with van der Waals surface area (Å²) >= 11 is 0. The lowest BCUT2D eigenvalue weighted by Crippen LogP contribution is -2.24. The first-order valence-corrected chi connectivity index (χ1v) is 20.3. The van der Waals surface area contributed by atoms with Crippen LogP contribution >= 0.6 is 0 Å². The summed E-state index contributed by atoms with van der Waals surface area (Å²) in [5.74, 6) is 2.84. The van der Waals surface area contributed by atoms with Crippen molar-refractivity contribution in [3.8, 4) is 22.3 Å². The van der Waals surface area contributed by atoms with Gasteiger partial charge in [-0.3, -0.25) is 0 Å². The Morgan fingerprint density at radius 1 is 0.357 bits per heavy atom. The van der Waals surface area contributed by atoms with Crippen LogP contribution in [0.1, 0.15) is 31.2 Å². The van der Waals surface area contributed by atoms with E-state index in [0.717, 1.165) is 40.5 Å². The summed E-state index contributed by atoms with van der Waals surface area (Å²) in [5.41, 5.74) is 13.8. The predicted octanol–water partition coefficient (Wildman–Crippen LogP) is 14.8. The second-order valence-corrected chi connectivity index (χ2v) is 16.3. The fraction of sp³-hybridized carbons (Fsp3) is 0.148. The van der Waals surface area contributed by atoms with Crippen LogP contribution in [0.5, 0.6) is 0 Å². The van der Waals surface area contributed by atoms with E-state index < -0.39 is 0 Å². The minimum absolute atomic E-state index is 0.431. The zero-order valence-electron chi connectivity index (χ0n) is 31.5. The number of hydrogen-bond acceptors (Lipinski definition) is 2. The molecule has 4 aliphatic carbocycles. The van der Waals surface area contributed by atoms with Crippen molar-refractivity contribution in [1.82, 2.24) is 0 Å². The molecule has 2 atom stereocenters. The van der Waals surface area contributed by atoms with Crippen molar-refractivity contribution in [2.24, 2.45) is 17.8 Å². The molecule has 2 nitrogen and oxygen atoms in total. The van der Waals surface area contributed by atoms with Gasteiger partial charge in [0.1, 0.15) is 0 Å². The van der Waals surface area contributed by atoms with Gasteiger partial charge in [0.15, 0.2) is 0 Å². The fourth-order valence-electron chi connectivity index (χ4n) is 10.8. The molecule has 12 rings (SSSR count). The molecule has 0 radical (unpaired) electrons. The van der Waals surface area contributed by atoms with E-state index in [0.29, 0.717) is 5.41 Å². The van der Waals surface area contributed by atoms with E-state index in [2.05, 4.69) is 210 Å². The maximum absolute atomic E-state index is 2.46. The quantitative estimate of drug-likeness (QED) is 0.146. The van der Waals surface area contributed by atoms with Crippen molar-refractivity contribution in [1.29, 1.82) is 0 Å². The van der Waals surface area contributed by atoms with Crippen LogP contribution in [0.15, 0.2) is 200 Å². The first kappa shape index (κ1) is 33.0. The molecule has 0 spiro atoms. The highest BCUT2D eigenvalue weighted by atomic mass is 15.1. The van der Waals surface area contributed by atoms with Crippen LogP contribution in [0.3, 0.4) is 0 Å². The number of nitrogens with zero attached hydrogens (tertiary/aromatic N) is 2. The lowest BCUT2D eigenvalue weighted by Gasteiger charge is -2.31. The molecule has 0 amide bonds. The van der Waals surface area contributed by atoms with Crippen molar-refractivity contribution in [3.63, 3.8) is 0 Å². The number of anilines is 6. The van der Waals surface area contributed by atoms with Crippen LogP contribution in [0.4, 0.5) is 34.1 Å². The van der Waals surface area contributed by atoms with Gasteiger partial charge >= 0.3 is 0 Å². The minimum Gasteiger partial charge on any atom is -0.311 e. The van der Waals surface area contributed by atoms with Gasteiger partial charge in [-0.15, -0.1) is 0 Å². The molecule has 56 heavy (non-hydrogen) atoms. The third-order valence-electron chi connectivity index (χ3n) is 13.4. The maximum atomic E-state index is 2.46. The molecular weight excluding hydrogens is 677 g/mol. The fourth-order valence-corrected chi connectivity index (χ4v) is 10.8. The van der Waals surface area contributed by atoms with Gasteiger partial charge in [0, 0.05) is 33.8 Å². The number of para-hydroxylation sites is 1. The zero-order valence-corrected chi connectivity index (χ0v) is 31.5. The van der Waals surface area contributed by atoms with E-state index in [-0.39, 0.29) is 0 Å². The molecule has 4 aliphatic rings. The monoisotopic (exact) mass is 720 g/mol. The molecule has 2 heteroatoms. The number of fused-ring (bicyclic) bond motifs is 1. The smallest absolute Gasteiger partial charge is 0.0540 e. The lowest BCUT2D eigenvalue weighted by molar-refractivity contribution is 0.371. The van der Waals surface area contributed by atoms with Gasteiger partial charge in [-0.25, -0.2) is 0 Å². The Kier molecular flexibility index (Phi) is 7.91. The maximum Gasteiger partial charge on any atom is 0.0540 e. The van der Waals surface area contributed by atoms with E-state index in [1.54, 1.807) is 5.56 Å². The molecule has 0 N–H and O–H groups in total. The van der Waals surface area contributed by atoms with Gasteiger partial charge in [0.25, 0.3) is 0 Å². The normalized spacial score (nSPS) is 20.5. The van der Waals surface area contributed by atoms with Crippen LogP contribution in [0.25, 0.3) is 33.0 Å². The third kappa shape index (κ3) is 5.55. The Bertz CT molecular complexity index is 2610. The highest BCUT2D eigenvalue weighted by Gasteiger charge is 2.63. The molecule has 0 heterocycles. The molecule has 0 aliphatic heterocycles. The van der Waals surface area contributed by atoms with Crippen molar-refractivity contribution >= 4 is 44.9 Å². The molecular formula is C54H44N2. The molecule has 0 saturated heterocycles. The van der Waals surface area contributed by atoms with Gasteiger partial charge in [-0.05, 0) is 149 Å². The molecule has 2 unspecified atom stereocenters. The first-order valence-electron chi connectivity index (χ1n) is 20.3. The summed E-state index contributed by atoms with van der Waals surface area (Å²) in [6.45, 7) is 0. The van der Waals surface area contributed by atoms with Crippen LogP contribution in [0.2, 0.25) is 0 Å². The van der Waals surface area contributed by atoms with E-state index in [1.165, 1.54) is 70.1 Å². The van der Waals surface area contributed by atoms with E-state index >= 15 is 0 Å². The molecule has 4 bridgehead atoms. The molecule has 270 valence electrons. The van der Waals surface area contributed by atoms with Crippen molar-refractivity contribution < 1.29 is 0 Å². The Labute approximate surface area is 330 Å². The van der Waals surface area contributed by atoms with Crippen molar-refractivity contribution in [2.45, 2.75) is 31.1 Å². The second-order valence-electron chi connectivity index (χ2n) is 16.3. The summed E-state index contributed by atoms with van der Waals surface area (Å²) in [7, 11) is 0. The largest absolute Gasteiger partial charge is 0.311 e. The second kappa shape index (κ2) is 13.4. The highest BCUT2D eigenvalue weighted by Crippen LogP contribution is 2.70. The summed E-state index contributed by atoms with van der Waals surface area (Å²) in [6, 6.07) is 73.3. The summed E-state index contributed by atoms with van der Waals surface area (Å²) in [4.78, 5) is 4.78. The summed E-state index contributed by atoms with van der Waals surface area (Å²) < 4.78 is 0. The molecule has 4 fully saturated rings.